The molecule has 0 aliphatic rings. The van der Waals surface area contributed by atoms with Crippen molar-refractivity contribution in [3.05, 3.63) is 72.1 Å². The number of nitrogens with one attached hydrogen (secondary N) is 3. The summed E-state index contributed by atoms with van der Waals surface area (Å²) >= 11 is 0. The molecule has 0 spiro atoms. The second-order valence-electron chi connectivity index (χ2n) is 5.80. The van der Waals surface area contributed by atoms with Crippen molar-refractivity contribution in [2.75, 3.05) is 16.0 Å². The van der Waals surface area contributed by atoms with E-state index >= 15 is 0 Å². The topological polar surface area (TPSA) is 120 Å². The molecule has 0 aliphatic heterocycles. The van der Waals surface area contributed by atoms with E-state index in [4.69, 9.17) is 5.26 Å². The van der Waals surface area contributed by atoms with Crippen LogP contribution >= 0.6 is 0 Å². The fourth-order valence-electron chi connectivity index (χ4n) is 2.38. The van der Waals surface area contributed by atoms with Crippen LogP contribution in [0, 0.1) is 11.3 Å². The summed E-state index contributed by atoms with van der Waals surface area (Å²) in [4.78, 5) is 31.8. The Bertz CT molecular complexity index is 1060. The summed E-state index contributed by atoms with van der Waals surface area (Å²) in [5.41, 5.74) is 2.53. The first-order valence-corrected chi connectivity index (χ1v) is 8.33. The van der Waals surface area contributed by atoms with Crippen LogP contribution in [0.4, 0.5) is 23.0 Å². The molecule has 0 unspecified atom stereocenters. The van der Waals surface area contributed by atoms with Gasteiger partial charge in [-0.05, 0) is 48.5 Å². The number of anilines is 4. The van der Waals surface area contributed by atoms with Gasteiger partial charge in [0, 0.05) is 30.2 Å². The van der Waals surface area contributed by atoms with Gasteiger partial charge in [0.15, 0.2) is 0 Å². The molecule has 2 amide bonds. The van der Waals surface area contributed by atoms with Crippen LogP contribution in [-0.2, 0) is 4.79 Å². The summed E-state index contributed by atoms with van der Waals surface area (Å²) in [5, 5.41) is 17.3. The van der Waals surface area contributed by atoms with Crippen molar-refractivity contribution < 1.29 is 9.59 Å². The number of rotatable bonds is 5. The molecular weight excluding hydrogens is 356 g/mol. The zero-order chi connectivity index (χ0) is 19.9. The Morgan fingerprint density at radius 1 is 0.964 bits per heavy atom. The molecular formula is C20H16N6O2. The first-order valence-electron chi connectivity index (χ1n) is 8.33. The van der Waals surface area contributed by atoms with E-state index in [1.165, 1.54) is 19.2 Å². The van der Waals surface area contributed by atoms with Gasteiger partial charge in [0.2, 0.25) is 11.9 Å². The number of carbonyl (C=O) groups is 2. The summed E-state index contributed by atoms with van der Waals surface area (Å²) in [7, 11) is 0. The molecule has 0 bridgehead atoms. The van der Waals surface area contributed by atoms with Crippen LogP contribution in [0.25, 0.3) is 0 Å². The molecule has 0 aliphatic carbocycles. The summed E-state index contributed by atoms with van der Waals surface area (Å²) in [6.07, 6.45) is 1.47. The summed E-state index contributed by atoms with van der Waals surface area (Å²) in [6.45, 7) is 1.42. The van der Waals surface area contributed by atoms with E-state index in [9.17, 15) is 9.59 Å². The lowest BCUT2D eigenvalue weighted by molar-refractivity contribution is -0.114. The van der Waals surface area contributed by atoms with Crippen molar-refractivity contribution in [2.45, 2.75) is 6.92 Å². The highest BCUT2D eigenvalue weighted by atomic mass is 16.2. The number of nitriles is 1. The van der Waals surface area contributed by atoms with Crippen LogP contribution in [0.1, 0.15) is 23.0 Å². The molecule has 3 N–H and O–H groups in total. The van der Waals surface area contributed by atoms with E-state index in [0.29, 0.717) is 22.6 Å². The molecule has 0 saturated carbocycles. The Balaban J connectivity index is 1.69. The molecule has 2 aromatic carbocycles. The largest absolute Gasteiger partial charge is 0.326 e. The van der Waals surface area contributed by atoms with Crippen molar-refractivity contribution in [2.24, 2.45) is 0 Å². The molecule has 0 fully saturated rings. The Hall–Kier alpha value is -4.25. The maximum atomic E-state index is 12.4. The second kappa shape index (κ2) is 8.42. The fourth-order valence-corrected chi connectivity index (χ4v) is 2.38. The summed E-state index contributed by atoms with van der Waals surface area (Å²) < 4.78 is 0. The molecule has 3 rings (SSSR count). The zero-order valence-electron chi connectivity index (χ0n) is 14.9. The quantitative estimate of drug-likeness (QED) is 0.632. The standard InChI is InChI=1S/C20H16N6O2/c1-13(27)23-15-5-7-16(8-6-15)24-19(28)18-9-10-22-20(26-18)25-17-4-2-3-14(11-17)12-21/h2-11H,1H3,(H,23,27)(H,24,28)(H,22,25,26). The third-order valence-electron chi connectivity index (χ3n) is 3.60. The number of hydrogen-bond acceptors (Lipinski definition) is 6. The first kappa shape index (κ1) is 18.5. The van der Waals surface area contributed by atoms with Gasteiger partial charge in [0.1, 0.15) is 5.69 Å². The van der Waals surface area contributed by atoms with Crippen LogP contribution in [0.3, 0.4) is 0 Å². The number of benzene rings is 2. The average Bonchev–Trinajstić information content (AvgIpc) is 2.69. The minimum absolute atomic E-state index is 0.168. The molecule has 1 aromatic heterocycles. The molecule has 8 nitrogen and oxygen atoms in total. The number of hydrogen-bond donors (Lipinski definition) is 3. The van der Waals surface area contributed by atoms with Gasteiger partial charge < -0.3 is 16.0 Å². The van der Waals surface area contributed by atoms with Crippen molar-refractivity contribution in [3.63, 3.8) is 0 Å². The minimum atomic E-state index is -0.400. The van der Waals surface area contributed by atoms with Crippen molar-refractivity contribution in [1.82, 2.24) is 9.97 Å². The Morgan fingerprint density at radius 2 is 1.68 bits per heavy atom. The normalized spacial score (nSPS) is 9.86. The van der Waals surface area contributed by atoms with Crippen LogP contribution in [0.5, 0.6) is 0 Å². The third kappa shape index (κ3) is 4.89. The van der Waals surface area contributed by atoms with Crippen molar-refractivity contribution >= 4 is 34.8 Å². The monoisotopic (exact) mass is 372 g/mol. The van der Waals surface area contributed by atoms with E-state index in [0.717, 1.165) is 0 Å². The second-order valence-corrected chi connectivity index (χ2v) is 5.80. The molecule has 1 heterocycles. The Kier molecular flexibility index (Phi) is 5.58. The van der Waals surface area contributed by atoms with E-state index in [2.05, 4.69) is 32.0 Å². The van der Waals surface area contributed by atoms with Gasteiger partial charge in [-0.15, -0.1) is 0 Å². The van der Waals surface area contributed by atoms with E-state index in [-0.39, 0.29) is 17.5 Å². The third-order valence-corrected chi connectivity index (χ3v) is 3.60. The van der Waals surface area contributed by atoms with Crippen LogP contribution in [0.2, 0.25) is 0 Å². The number of aromatic nitrogens is 2. The smallest absolute Gasteiger partial charge is 0.274 e. The van der Waals surface area contributed by atoms with E-state index in [1.54, 1.807) is 48.5 Å². The maximum Gasteiger partial charge on any atom is 0.274 e. The molecule has 138 valence electrons. The molecule has 0 saturated heterocycles. The SMILES string of the molecule is CC(=O)Nc1ccc(NC(=O)c2ccnc(Nc3cccc(C#N)c3)n2)cc1. The average molecular weight is 372 g/mol. The number of carbonyl (C=O) groups excluding carboxylic acids is 2. The van der Waals surface area contributed by atoms with Crippen LogP contribution in [-0.4, -0.2) is 21.8 Å². The van der Waals surface area contributed by atoms with E-state index < -0.39 is 5.91 Å². The lowest BCUT2D eigenvalue weighted by atomic mass is 10.2. The Labute approximate surface area is 161 Å². The lowest BCUT2D eigenvalue weighted by Gasteiger charge is -2.08. The zero-order valence-corrected chi connectivity index (χ0v) is 14.9. The highest BCUT2D eigenvalue weighted by Crippen LogP contribution is 2.16. The first-order chi connectivity index (χ1) is 13.5. The molecule has 0 atom stereocenters. The molecule has 28 heavy (non-hydrogen) atoms. The summed E-state index contributed by atoms with van der Waals surface area (Å²) in [5.74, 6) is -0.328. The van der Waals surface area contributed by atoms with E-state index in [1.807, 2.05) is 0 Å². The highest BCUT2D eigenvalue weighted by Gasteiger charge is 2.10. The Morgan fingerprint density at radius 3 is 2.36 bits per heavy atom. The van der Waals surface area contributed by atoms with Gasteiger partial charge in [0.05, 0.1) is 11.6 Å². The predicted octanol–water partition coefficient (Wildman–Crippen LogP) is 3.30. The number of amides is 2. The molecule has 0 radical (unpaired) electrons. The maximum absolute atomic E-state index is 12.4. The van der Waals surface area contributed by atoms with Crippen molar-refractivity contribution in [1.29, 1.82) is 5.26 Å². The van der Waals surface area contributed by atoms with Gasteiger partial charge in [-0.3, -0.25) is 9.59 Å². The fraction of sp³-hybridized carbons (Fsp3) is 0.0500. The highest BCUT2D eigenvalue weighted by molar-refractivity contribution is 6.03. The molecule has 3 aromatic rings. The van der Waals surface area contributed by atoms with Gasteiger partial charge in [-0.25, -0.2) is 9.97 Å². The predicted molar refractivity (Wildman–Crippen MR) is 105 cm³/mol. The van der Waals surface area contributed by atoms with Gasteiger partial charge in [-0.2, -0.15) is 5.26 Å². The lowest BCUT2D eigenvalue weighted by Crippen LogP contribution is -2.15. The van der Waals surface area contributed by atoms with Gasteiger partial charge in [0.25, 0.3) is 5.91 Å². The number of nitrogens with zero attached hydrogens (tertiary/aromatic N) is 3. The van der Waals surface area contributed by atoms with Gasteiger partial charge >= 0.3 is 0 Å². The minimum Gasteiger partial charge on any atom is -0.326 e. The van der Waals surface area contributed by atoms with Gasteiger partial charge in [-0.1, -0.05) is 6.07 Å². The summed E-state index contributed by atoms with van der Waals surface area (Å²) in [6, 6.07) is 17.1. The van der Waals surface area contributed by atoms with Crippen LogP contribution < -0.4 is 16.0 Å². The molecule has 8 heteroatoms. The van der Waals surface area contributed by atoms with Crippen LogP contribution in [0.15, 0.2) is 60.8 Å². The van der Waals surface area contributed by atoms with Crippen molar-refractivity contribution in [3.8, 4) is 6.07 Å².